The summed E-state index contributed by atoms with van der Waals surface area (Å²) < 4.78 is 10.8. The fraction of sp³-hybridized carbons (Fsp3) is 0.786. The van der Waals surface area contributed by atoms with Crippen molar-refractivity contribution in [3.05, 3.63) is 11.5 Å². The fourth-order valence-corrected chi connectivity index (χ4v) is 3.54. The second kappa shape index (κ2) is 5.13. The number of esters is 1. The predicted octanol–water partition coefficient (Wildman–Crippen LogP) is 0.398. The van der Waals surface area contributed by atoms with Crippen LogP contribution in [0.5, 0.6) is 0 Å². The van der Waals surface area contributed by atoms with Gasteiger partial charge in [0.25, 0.3) is 0 Å². The molecule has 0 bridgehead atoms. The van der Waals surface area contributed by atoms with E-state index in [9.17, 15) is 9.90 Å². The Hall–Kier alpha value is -1.07. The number of carbonyl (C=O) groups is 1. The second-order valence-electron chi connectivity index (χ2n) is 5.99. The molecule has 0 amide bonds. The molecule has 0 aromatic rings. The van der Waals surface area contributed by atoms with Crippen molar-refractivity contribution >= 4 is 5.97 Å². The van der Waals surface area contributed by atoms with E-state index in [2.05, 4.69) is 6.92 Å². The summed E-state index contributed by atoms with van der Waals surface area (Å²) in [5.41, 5.74) is 0.401. The van der Waals surface area contributed by atoms with Gasteiger partial charge in [-0.2, -0.15) is 0 Å². The van der Waals surface area contributed by atoms with Gasteiger partial charge in [0.2, 0.25) is 5.70 Å². The van der Waals surface area contributed by atoms with Crippen LogP contribution in [0.1, 0.15) is 26.7 Å². The van der Waals surface area contributed by atoms with Crippen LogP contribution in [0, 0.1) is 5.41 Å². The molecule has 1 saturated heterocycles. The zero-order chi connectivity index (χ0) is 14.1. The van der Waals surface area contributed by atoms with Crippen molar-refractivity contribution in [3.8, 4) is 0 Å². The van der Waals surface area contributed by atoms with Gasteiger partial charge in [-0.1, -0.05) is 12.7 Å². The molecule has 0 radical (unpaired) electrons. The number of rotatable bonds is 4. The molecule has 1 fully saturated rings. The number of hydrogen-bond donors (Lipinski definition) is 0. The van der Waals surface area contributed by atoms with Crippen molar-refractivity contribution in [2.45, 2.75) is 26.7 Å². The Kier molecular flexibility index (Phi) is 3.87. The number of ether oxygens (including phenoxy) is 2. The highest BCUT2D eigenvalue weighted by Gasteiger charge is 2.52. The van der Waals surface area contributed by atoms with Crippen LogP contribution in [0.2, 0.25) is 0 Å². The van der Waals surface area contributed by atoms with E-state index in [1.165, 1.54) is 0 Å². The molecule has 0 N–H and O–H groups in total. The van der Waals surface area contributed by atoms with E-state index >= 15 is 0 Å². The number of nitrogens with zero attached hydrogens (tertiary/aromatic N) is 1. The van der Waals surface area contributed by atoms with Gasteiger partial charge in [0, 0.05) is 25.4 Å². The van der Waals surface area contributed by atoms with Crippen LogP contribution in [0.4, 0.5) is 0 Å². The summed E-state index contributed by atoms with van der Waals surface area (Å²) in [5.74, 6) is -0.466. The molecule has 0 aliphatic carbocycles. The fourth-order valence-electron chi connectivity index (χ4n) is 3.54. The molecule has 2 unspecified atom stereocenters. The van der Waals surface area contributed by atoms with Gasteiger partial charge in [-0.3, -0.25) is 4.48 Å². The molecule has 0 aromatic heterocycles. The normalized spacial score (nSPS) is 34.3. The Morgan fingerprint density at radius 3 is 2.84 bits per heavy atom. The minimum Gasteiger partial charge on any atom is -0.871 e. The molecule has 19 heavy (non-hydrogen) atoms. The molecule has 108 valence electrons. The predicted molar refractivity (Wildman–Crippen MR) is 67.7 cm³/mol. The third-order valence-corrected chi connectivity index (χ3v) is 4.29. The van der Waals surface area contributed by atoms with Crippen LogP contribution in [-0.2, 0) is 14.3 Å². The lowest BCUT2D eigenvalue weighted by Crippen LogP contribution is -2.47. The van der Waals surface area contributed by atoms with Gasteiger partial charge in [-0.25, -0.2) is 4.79 Å². The van der Waals surface area contributed by atoms with Gasteiger partial charge in [-0.15, -0.1) is 0 Å². The third kappa shape index (κ3) is 2.49. The summed E-state index contributed by atoms with van der Waals surface area (Å²) in [4.78, 5) is 12.1. The van der Waals surface area contributed by atoms with Gasteiger partial charge < -0.3 is 14.6 Å². The molecular formula is C14H23NO4. The van der Waals surface area contributed by atoms with Gasteiger partial charge in [0.1, 0.15) is 0 Å². The first-order valence-corrected chi connectivity index (χ1v) is 6.89. The summed E-state index contributed by atoms with van der Waals surface area (Å²) in [6, 6.07) is 0. The van der Waals surface area contributed by atoms with Crippen LogP contribution < -0.4 is 5.11 Å². The lowest BCUT2D eigenvalue weighted by Gasteiger charge is -2.33. The molecule has 1 spiro atoms. The van der Waals surface area contributed by atoms with Crippen LogP contribution in [-0.4, -0.2) is 50.4 Å². The first-order chi connectivity index (χ1) is 8.96. The lowest BCUT2D eigenvalue weighted by molar-refractivity contribution is -0.873. The second-order valence-corrected chi connectivity index (χ2v) is 5.99. The maximum absolute atomic E-state index is 12.1. The standard InChI is InChI=1S/C14H23NO4/c1-4-19-13(17)12-11(16)5-7-15(12)8-6-14(2,9-15)10-18-3/h4-10H2,1-3H3. The van der Waals surface area contributed by atoms with Crippen molar-refractivity contribution in [2.24, 2.45) is 5.41 Å². The van der Waals surface area contributed by atoms with E-state index in [4.69, 9.17) is 9.47 Å². The maximum Gasteiger partial charge on any atom is 0.391 e. The monoisotopic (exact) mass is 269 g/mol. The number of hydrogen-bond acceptors (Lipinski definition) is 4. The first-order valence-electron chi connectivity index (χ1n) is 6.89. The maximum atomic E-state index is 12.1. The Bertz CT molecular complexity index is 406. The van der Waals surface area contributed by atoms with Crippen molar-refractivity contribution in [1.82, 2.24) is 0 Å². The molecule has 2 atom stereocenters. The summed E-state index contributed by atoms with van der Waals surface area (Å²) in [5, 5.41) is 12.0. The van der Waals surface area contributed by atoms with Gasteiger partial charge in [0.15, 0.2) is 0 Å². The summed E-state index contributed by atoms with van der Waals surface area (Å²) in [7, 11) is 1.69. The van der Waals surface area contributed by atoms with Crippen molar-refractivity contribution < 1.29 is 23.9 Å². The van der Waals surface area contributed by atoms with E-state index < -0.39 is 5.97 Å². The number of quaternary nitrogens is 1. The molecule has 2 heterocycles. The van der Waals surface area contributed by atoms with E-state index in [-0.39, 0.29) is 11.2 Å². The van der Waals surface area contributed by atoms with Crippen LogP contribution in [0.25, 0.3) is 0 Å². The minimum atomic E-state index is -0.424. The molecule has 5 nitrogen and oxygen atoms in total. The number of carbonyl (C=O) groups excluding carboxylic acids is 1. The summed E-state index contributed by atoms with van der Waals surface area (Å²) in [6.07, 6.45) is 1.42. The molecule has 2 rings (SSSR count). The highest BCUT2D eigenvalue weighted by atomic mass is 16.5. The SMILES string of the molecule is CCOC(=O)C1=C([O-])CC[N+]12CCC(C)(COC)C2. The van der Waals surface area contributed by atoms with Gasteiger partial charge in [-0.05, 0) is 6.92 Å². The van der Waals surface area contributed by atoms with Crippen molar-refractivity contribution in [3.63, 3.8) is 0 Å². The van der Waals surface area contributed by atoms with Gasteiger partial charge >= 0.3 is 5.97 Å². The largest absolute Gasteiger partial charge is 0.871 e. The highest BCUT2D eigenvalue weighted by Crippen LogP contribution is 2.42. The van der Waals surface area contributed by atoms with Crippen LogP contribution in [0.3, 0.4) is 0 Å². The van der Waals surface area contributed by atoms with Crippen molar-refractivity contribution in [2.75, 3.05) is 40.0 Å². The van der Waals surface area contributed by atoms with E-state index in [0.717, 1.165) is 26.1 Å². The zero-order valence-electron chi connectivity index (χ0n) is 12.0. The quantitative estimate of drug-likeness (QED) is 0.547. The molecule has 0 aromatic carbocycles. The molecule has 5 heteroatoms. The lowest BCUT2D eigenvalue weighted by atomic mass is 9.91. The smallest absolute Gasteiger partial charge is 0.391 e. The highest BCUT2D eigenvalue weighted by molar-refractivity contribution is 5.87. The van der Waals surface area contributed by atoms with Crippen LogP contribution in [0.15, 0.2) is 11.5 Å². The molecular weight excluding hydrogens is 246 g/mol. The third-order valence-electron chi connectivity index (χ3n) is 4.29. The number of methoxy groups -OCH3 is 1. The average molecular weight is 269 g/mol. The first kappa shape index (κ1) is 14.3. The van der Waals surface area contributed by atoms with E-state index in [1.807, 2.05) is 0 Å². The Morgan fingerprint density at radius 1 is 1.47 bits per heavy atom. The zero-order valence-corrected chi connectivity index (χ0v) is 12.0. The van der Waals surface area contributed by atoms with E-state index in [1.54, 1.807) is 14.0 Å². The Labute approximate surface area is 114 Å². The van der Waals surface area contributed by atoms with Crippen LogP contribution >= 0.6 is 0 Å². The topological polar surface area (TPSA) is 58.6 Å². The molecule has 2 aliphatic rings. The van der Waals surface area contributed by atoms with Gasteiger partial charge in [0.05, 0.1) is 32.8 Å². The minimum absolute atomic E-state index is 0.0388. The average Bonchev–Trinajstić information content (AvgIpc) is 2.82. The van der Waals surface area contributed by atoms with E-state index in [0.29, 0.717) is 29.8 Å². The van der Waals surface area contributed by atoms with Crippen molar-refractivity contribution in [1.29, 1.82) is 0 Å². The molecule has 0 saturated carbocycles. The summed E-state index contributed by atoms with van der Waals surface area (Å²) in [6.45, 7) is 7.26. The summed E-state index contributed by atoms with van der Waals surface area (Å²) >= 11 is 0. The molecule has 2 aliphatic heterocycles. The Balaban J connectivity index is 2.23. The Morgan fingerprint density at radius 2 is 2.21 bits per heavy atom.